The lowest BCUT2D eigenvalue weighted by molar-refractivity contribution is 0.669. The van der Waals surface area contributed by atoms with Crippen molar-refractivity contribution in [2.24, 2.45) is 0 Å². The predicted molar refractivity (Wildman–Crippen MR) is 497 cm³/mol. The fraction of sp³-hybridized carbons (Fsp3) is 0. The molecule has 9 heteroatoms. The molecule has 118 heavy (non-hydrogen) atoms. The highest BCUT2D eigenvalue weighted by atomic mass is 32.1. The van der Waals surface area contributed by atoms with Gasteiger partial charge in [0.2, 0.25) is 0 Å². The number of para-hydroxylation sites is 1. The van der Waals surface area contributed by atoms with Gasteiger partial charge in [-0.15, -0.1) is 22.7 Å². The van der Waals surface area contributed by atoms with Gasteiger partial charge in [0, 0.05) is 136 Å². The van der Waals surface area contributed by atoms with Gasteiger partial charge in [0.1, 0.15) is 22.3 Å². The molecule has 0 spiro atoms. The van der Waals surface area contributed by atoms with Gasteiger partial charge in [0.15, 0.2) is 0 Å². The third-order valence-corrected chi connectivity index (χ3v) is 25.3. The molecule has 25 aromatic rings. The molecule has 0 unspecified atom stereocenters. The van der Waals surface area contributed by atoms with E-state index in [2.05, 4.69) is 344 Å². The maximum atomic E-state index is 6.40. The maximum absolute atomic E-state index is 6.40. The largest absolute Gasteiger partial charge is 0.456 e. The molecule has 0 radical (unpaired) electrons. The molecule has 0 fully saturated rings. The summed E-state index contributed by atoms with van der Waals surface area (Å²) in [7, 11) is 0. The number of hydrogen-bond donors (Lipinski definition) is 0. The Morgan fingerprint density at radius 2 is 0.686 bits per heavy atom. The minimum Gasteiger partial charge on any atom is -0.456 e. The molecule has 0 N–H and O–H groups in total. The van der Waals surface area contributed by atoms with Crippen molar-refractivity contribution in [1.29, 1.82) is 0 Å². The third kappa shape index (κ3) is 12.1. The van der Waals surface area contributed by atoms with E-state index < -0.39 is 0 Å². The minimum atomic E-state index is 0.882. The van der Waals surface area contributed by atoms with Crippen molar-refractivity contribution in [2.75, 3.05) is 0 Å². The number of aromatic nitrogens is 5. The summed E-state index contributed by atoms with van der Waals surface area (Å²) in [4.78, 5) is 24.7. The summed E-state index contributed by atoms with van der Waals surface area (Å²) in [5.41, 5.74) is 21.5. The van der Waals surface area contributed by atoms with E-state index in [1.54, 1.807) is 0 Å². The second-order valence-electron chi connectivity index (χ2n) is 30.1. The highest BCUT2D eigenvalue weighted by Crippen LogP contribution is 2.48. The van der Waals surface area contributed by atoms with Crippen molar-refractivity contribution >= 4 is 172 Å². The first-order valence-corrected chi connectivity index (χ1v) is 41.2. The molecule has 9 heterocycles. The van der Waals surface area contributed by atoms with Crippen LogP contribution in [-0.2, 0) is 0 Å². The van der Waals surface area contributed by atoms with Gasteiger partial charge < -0.3 is 8.83 Å². The van der Waals surface area contributed by atoms with E-state index in [0.717, 1.165) is 139 Å². The van der Waals surface area contributed by atoms with Gasteiger partial charge in [0.05, 0.1) is 39.7 Å². The van der Waals surface area contributed by atoms with E-state index in [-0.39, 0.29) is 0 Å². The molecule has 550 valence electrons. The van der Waals surface area contributed by atoms with Crippen LogP contribution in [0.15, 0.2) is 404 Å². The van der Waals surface area contributed by atoms with Crippen molar-refractivity contribution in [3.8, 4) is 89.8 Å². The first kappa shape index (κ1) is 68.5. The summed E-state index contributed by atoms with van der Waals surface area (Å²) in [5.74, 6) is 0. The maximum Gasteiger partial charge on any atom is 0.136 e. The van der Waals surface area contributed by atoms with E-state index in [1.807, 2.05) is 83.7 Å². The molecular formula is C109H65N5O2S2. The second kappa shape index (κ2) is 28.5. The average Bonchev–Trinajstić information content (AvgIpc) is 1.56. The number of thiophene rings is 2. The van der Waals surface area contributed by atoms with Gasteiger partial charge in [-0.05, 0) is 181 Å². The number of furan rings is 2. The van der Waals surface area contributed by atoms with Gasteiger partial charge in [-0.1, -0.05) is 255 Å². The smallest absolute Gasteiger partial charge is 0.136 e. The van der Waals surface area contributed by atoms with Gasteiger partial charge >= 0.3 is 0 Å². The van der Waals surface area contributed by atoms with E-state index in [4.69, 9.17) is 23.8 Å². The van der Waals surface area contributed by atoms with Crippen molar-refractivity contribution in [2.45, 2.75) is 0 Å². The molecule has 16 aromatic carbocycles. The zero-order valence-electron chi connectivity index (χ0n) is 63.4. The summed E-state index contributed by atoms with van der Waals surface area (Å²) >= 11 is 3.71. The fourth-order valence-electron chi connectivity index (χ4n) is 17.4. The lowest BCUT2D eigenvalue weighted by atomic mass is 9.96. The molecule has 0 aliphatic rings. The second-order valence-corrected chi connectivity index (χ2v) is 32.3. The van der Waals surface area contributed by atoms with E-state index in [0.29, 0.717) is 0 Å². The lowest BCUT2D eigenvalue weighted by Gasteiger charge is -2.12. The van der Waals surface area contributed by atoms with Crippen molar-refractivity contribution in [1.82, 2.24) is 24.9 Å². The van der Waals surface area contributed by atoms with Crippen LogP contribution in [0.3, 0.4) is 0 Å². The Kier molecular flexibility index (Phi) is 16.5. The van der Waals surface area contributed by atoms with Gasteiger partial charge in [-0.2, -0.15) is 0 Å². The summed E-state index contributed by atoms with van der Waals surface area (Å²) < 4.78 is 17.8. The summed E-state index contributed by atoms with van der Waals surface area (Å²) in [6, 6.07) is 133. The van der Waals surface area contributed by atoms with E-state index in [9.17, 15) is 0 Å². The topological polar surface area (TPSA) is 90.7 Å². The predicted octanol–water partition coefficient (Wildman–Crippen LogP) is 30.8. The quantitative estimate of drug-likeness (QED) is 0.150. The standard InChI is InChI=1S/C37H21NOS.C36H22N2O.C36H22N2S/c1-2-8-22(9-3-1)29-21-31(25-14-15-27-26-12-6-7-13-32(26)39-33(27)19-25)38-37-28(29)16-17-34-36(37)30-18-23-10-4-5-11-24(23)20-35(30)40-34;1-2-8-25(9-3-1)36-28-17-18-33-35(30-20-26-10-4-5-11-27(26)21-34(30)39-33)29(28)22-32(38-36)24-15-13-23(14-16-24)31-12-6-7-19-37-31;1-2-8-23(9-3-1)36-29-15-16-33-35(31-19-25-10-4-5-11-26(25)20-34(31)39-33)30(29)21-32(38-36)27-13-6-12-24(18-27)28-14-7-17-37-22-28/h1-21H;2*1-22H. The highest BCUT2D eigenvalue weighted by Gasteiger charge is 2.22. The van der Waals surface area contributed by atoms with Crippen LogP contribution in [0.25, 0.3) is 239 Å². The Balaban J connectivity index is 0.000000104. The SMILES string of the molecule is c1ccc(-c2cc(-c3ccc4c(c3)oc3ccccc34)nc3c2ccc2sc4cc5ccccc5cc4c23)cc1.c1ccc(-c2nc(-c3ccc(-c4ccccn4)cc3)cc3c2ccc2oc4cc5ccccc5cc4c23)cc1.c1ccc(-c2nc(-c3cccc(-c4cccnc4)c3)cc3c2ccc2sc4cc5ccccc5cc4c23)cc1. The van der Waals surface area contributed by atoms with Crippen molar-refractivity contribution in [3.05, 3.63) is 395 Å². The first-order valence-electron chi connectivity index (χ1n) is 39.6. The van der Waals surface area contributed by atoms with Crippen LogP contribution in [0, 0.1) is 0 Å². The zero-order valence-corrected chi connectivity index (χ0v) is 65.0. The van der Waals surface area contributed by atoms with E-state index >= 15 is 0 Å². The Labute approximate surface area is 685 Å². The Hall–Kier alpha value is -15.1. The fourth-order valence-corrected chi connectivity index (χ4v) is 19.7. The number of pyridine rings is 5. The third-order valence-electron chi connectivity index (χ3n) is 23.1. The molecule has 0 aliphatic carbocycles. The molecule has 0 aliphatic heterocycles. The summed E-state index contributed by atoms with van der Waals surface area (Å²) in [6.07, 6.45) is 5.54. The van der Waals surface area contributed by atoms with Gasteiger partial charge in [0.25, 0.3) is 0 Å². The first-order chi connectivity index (χ1) is 58.4. The number of fused-ring (bicyclic) bond motifs is 21. The normalized spacial score (nSPS) is 11.7. The number of benzene rings is 16. The van der Waals surface area contributed by atoms with Crippen LogP contribution in [0.2, 0.25) is 0 Å². The van der Waals surface area contributed by atoms with Gasteiger partial charge in [-0.3, -0.25) is 9.97 Å². The van der Waals surface area contributed by atoms with Gasteiger partial charge in [-0.25, -0.2) is 15.0 Å². The molecule has 0 saturated heterocycles. The number of rotatable bonds is 8. The number of hydrogen-bond acceptors (Lipinski definition) is 9. The molecule has 0 bridgehead atoms. The van der Waals surface area contributed by atoms with Crippen LogP contribution in [0.1, 0.15) is 0 Å². The molecular weight excluding hydrogens is 1480 g/mol. The van der Waals surface area contributed by atoms with Crippen molar-refractivity contribution in [3.63, 3.8) is 0 Å². The molecule has 0 amide bonds. The Morgan fingerprint density at radius 3 is 1.34 bits per heavy atom. The van der Waals surface area contributed by atoms with Crippen LogP contribution >= 0.6 is 22.7 Å². The minimum absolute atomic E-state index is 0.882. The summed E-state index contributed by atoms with van der Waals surface area (Å²) in [5, 5.41) is 22.9. The van der Waals surface area contributed by atoms with E-state index in [1.165, 1.54) is 99.9 Å². The highest BCUT2D eigenvalue weighted by molar-refractivity contribution is 7.26. The summed E-state index contributed by atoms with van der Waals surface area (Å²) in [6.45, 7) is 0. The molecule has 7 nitrogen and oxygen atoms in total. The zero-order chi connectivity index (χ0) is 77.7. The van der Waals surface area contributed by atoms with Crippen LogP contribution in [0.5, 0.6) is 0 Å². The molecule has 0 atom stereocenters. The average molecular weight is 1540 g/mol. The Morgan fingerprint density at radius 1 is 0.212 bits per heavy atom. The Bertz CT molecular complexity index is 8290. The monoisotopic (exact) mass is 1540 g/mol. The van der Waals surface area contributed by atoms with Crippen LogP contribution in [-0.4, -0.2) is 24.9 Å². The van der Waals surface area contributed by atoms with Crippen LogP contribution < -0.4 is 0 Å². The van der Waals surface area contributed by atoms with Crippen molar-refractivity contribution < 1.29 is 8.83 Å². The molecule has 0 saturated carbocycles. The lowest BCUT2D eigenvalue weighted by Crippen LogP contribution is -1.92. The number of nitrogens with zero attached hydrogens (tertiary/aromatic N) is 5. The molecule has 25 rings (SSSR count). The molecule has 9 aromatic heterocycles. The van der Waals surface area contributed by atoms with Crippen LogP contribution in [0.4, 0.5) is 0 Å².